The lowest BCUT2D eigenvalue weighted by Gasteiger charge is -2.24. The van der Waals surface area contributed by atoms with Gasteiger partial charge >= 0.3 is 6.09 Å². The molecule has 1 aromatic rings. The van der Waals surface area contributed by atoms with E-state index in [0.29, 0.717) is 17.6 Å². The first kappa shape index (κ1) is 14.9. The average molecular weight is 301 g/mol. The molecule has 0 saturated carbocycles. The van der Waals surface area contributed by atoms with Gasteiger partial charge in [0.05, 0.1) is 0 Å². The summed E-state index contributed by atoms with van der Waals surface area (Å²) in [6.07, 6.45) is 3.05. The minimum absolute atomic E-state index is 0.207. The second kappa shape index (κ2) is 5.34. The van der Waals surface area contributed by atoms with Crippen molar-refractivity contribution in [2.24, 2.45) is 11.8 Å². The number of carbonyl (C=O) groups is 1. The van der Waals surface area contributed by atoms with Crippen LogP contribution < -0.4 is 0 Å². The zero-order valence-corrected chi connectivity index (χ0v) is 13.4. The summed E-state index contributed by atoms with van der Waals surface area (Å²) in [5, 5.41) is 9.37. The average Bonchev–Trinajstić information content (AvgIpc) is 2.95. The smallest absolute Gasteiger partial charge is 0.410 e. The Kier molecular flexibility index (Phi) is 3.63. The highest BCUT2D eigenvalue weighted by atomic mass is 16.6. The molecule has 1 N–H and O–H groups in total. The van der Waals surface area contributed by atoms with Crippen LogP contribution >= 0.6 is 0 Å². The van der Waals surface area contributed by atoms with Gasteiger partial charge in [-0.1, -0.05) is 18.2 Å². The van der Waals surface area contributed by atoms with Crippen LogP contribution in [0.2, 0.25) is 0 Å². The maximum atomic E-state index is 12.1. The summed E-state index contributed by atoms with van der Waals surface area (Å²) in [6.45, 7) is 7.18. The Balaban J connectivity index is 1.65. The molecule has 1 aliphatic carbocycles. The highest BCUT2D eigenvalue weighted by Gasteiger charge is 2.39. The van der Waals surface area contributed by atoms with Crippen molar-refractivity contribution in [2.75, 3.05) is 13.1 Å². The molecular weight excluding hydrogens is 278 g/mol. The van der Waals surface area contributed by atoms with Crippen LogP contribution in [0.1, 0.15) is 32.8 Å². The second-order valence-corrected chi connectivity index (χ2v) is 7.25. The maximum Gasteiger partial charge on any atom is 0.410 e. The molecule has 1 aromatic carbocycles. The standard InChI is InChI=1S/C18H23NO3/c1-18(2,3)22-17(21)19-10-14-8-13(9-15(14)11-19)12-4-6-16(20)7-5-12/h4-8,14-15,20H,9-11H2,1-3H3/t14-,15+/m0/s1. The normalized spacial score (nSPS) is 24.1. The van der Waals surface area contributed by atoms with Crippen LogP contribution in [-0.2, 0) is 4.74 Å². The highest BCUT2D eigenvalue weighted by molar-refractivity contribution is 5.72. The van der Waals surface area contributed by atoms with E-state index in [1.807, 2.05) is 37.8 Å². The topological polar surface area (TPSA) is 49.8 Å². The van der Waals surface area contributed by atoms with Crippen molar-refractivity contribution in [3.8, 4) is 5.75 Å². The summed E-state index contributed by atoms with van der Waals surface area (Å²) in [5.74, 6) is 1.19. The first-order chi connectivity index (χ1) is 10.3. The van der Waals surface area contributed by atoms with Gasteiger partial charge in [-0.25, -0.2) is 4.79 Å². The summed E-state index contributed by atoms with van der Waals surface area (Å²) >= 11 is 0. The molecule has 0 bridgehead atoms. The lowest BCUT2D eigenvalue weighted by molar-refractivity contribution is 0.0285. The Bertz CT molecular complexity index is 598. The summed E-state index contributed by atoms with van der Waals surface area (Å²) in [6, 6.07) is 7.34. The molecule has 1 aliphatic heterocycles. The van der Waals surface area contributed by atoms with E-state index in [1.165, 1.54) is 5.57 Å². The fraction of sp³-hybridized carbons (Fsp3) is 0.500. The van der Waals surface area contributed by atoms with Gasteiger partial charge in [-0.3, -0.25) is 0 Å². The molecule has 0 aromatic heterocycles. The number of hydrogen-bond donors (Lipinski definition) is 1. The van der Waals surface area contributed by atoms with E-state index < -0.39 is 5.60 Å². The van der Waals surface area contributed by atoms with Crippen molar-refractivity contribution in [2.45, 2.75) is 32.8 Å². The third-order valence-electron chi connectivity index (χ3n) is 4.28. The van der Waals surface area contributed by atoms with Gasteiger partial charge in [0.15, 0.2) is 0 Å². The predicted molar refractivity (Wildman–Crippen MR) is 85.5 cm³/mol. The van der Waals surface area contributed by atoms with Crippen molar-refractivity contribution in [1.29, 1.82) is 0 Å². The quantitative estimate of drug-likeness (QED) is 0.861. The Morgan fingerprint density at radius 1 is 1.23 bits per heavy atom. The number of hydrogen-bond acceptors (Lipinski definition) is 3. The third-order valence-corrected chi connectivity index (χ3v) is 4.28. The molecule has 4 heteroatoms. The van der Waals surface area contributed by atoms with Crippen molar-refractivity contribution >= 4 is 11.7 Å². The number of phenols is 1. The number of likely N-dealkylation sites (tertiary alicyclic amines) is 1. The third kappa shape index (κ3) is 3.11. The number of amides is 1. The maximum absolute atomic E-state index is 12.1. The molecule has 118 valence electrons. The molecule has 22 heavy (non-hydrogen) atoms. The predicted octanol–water partition coefficient (Wildman–Crippen LogP) is 3.66. The van der Waals surface area contributed by atoms with Crippen LogP contribution in [0.25, 0.3) is 5.57 Å². The molecule has 4 nitrogen and oxygen atoms in total. The molecule has 1 saturated heterocycles. The van der Waals surface area contributed by atoms with Crippen molar-refractivity contribution in [1.82, 2.24) is 4.90 Å². The van der Waals surface area contributed by atoms with E-state index >= 15 is 0 Å². The SMILES string of the molecule is CC(C)(C)OC(=O)N1C[C@H]2CC(c3ccc(O)cc3)=C[C@H]2C1. The fourth-order valence-corrected chi connectivity index (χ4v) is 3.28. The van der Waals surface area contributed by atoms with E-state index in [-0.39, 0.29) is 6.09 Å². The summed E-state index contributed by atoms with van der Waals surface area (Å²) in [7, 11) is 0. The minimum atomic E-state index is -0.443. The number of aromatic hydroxyl groups is 1. The van der Waals surface area contributed by atoms with Gasteiger partial charge in [-0.05, 0) is 62.3 Å². The number of carbonyl (C=O) groups excluding carboxylic acids is 1. The number of benzene rings is 1. The lowest BCUT2D eigenvalue weighted by atomic mass is 9.98. The van der Waals surface area contributed by atoms with Gasteiger partial charge in [-0.2, -0.15) is 0 Å². The Morgan fingerprint density at radius 2 is 1.91 bits per heavy atom. The van der Waals surface area contributed by atoms with Crippen molar-refractivity contribution in [3.05, 3.63) is 35.9 Å². The van der Waals surface area contributed by atoms with E-state index in [4.69, 9.17) is 4.74 Å². The number of allylic oxidation sites excluding steroid dienone is 1. The largest absolute Gasteiger partial charge is 0.508 e. The number of ether oxygens (including phenoxy) is 1. The van der Waals surface area contributed by atoms with Crippen LogP contribution in [-0.4, -0.2) is 34.8 Å². The molecule has 3 rings (SSSR count). The molecular formula is C18H23NO3. The zero-order chi connectivity index (χ0) is 15.9. The minimum Gasteiger partial charge on any atom is -0.508 e. The monoisotopic (exact) mass is 301 g/mol. The molecule has 0 radical (unpaired) electrons. The lowest BCUT2D eigenvalue weighted by Crippen LogP contribution is -2.35. The molecule has 1 fully saturated rings. The van der Waals surface area contributed by atoms with Gasteiger partial charge in [0.2, 0.25) is 0 Å². The van der Waals surface area contributed by atoms with E-state index in [1.54, 1.807) is 12.1 Å². The first-order valence-electron chi connectivity index (χ1n) is 7.80. The summed E-state index contributed by atoms with van der Waals surface area (Å²) in [5.41, 5.74) is 2.04. The molecule has 0 spiro atoms. The second-order valence-electron chi connectivity index (χ2n) is 7.25. The van der Waals surface area contributed by atoms with E-state index in [2.05, 4.69) is 6.08 Å². The van der Waals surface area contributed by atoms with Crippen LogP contribution in [0.4, 0.5) is 4.79 Å². The Morgan fingerprint density at radius 3 is 2.50 bits per heavy atom. The van der Waals surface area contributed by atoms with Crippen LogP contribution in [0, 0.1) is 11.8 Å². The van der Waals surface area contributed by atoms with Crippen molar-refractivity contribution in [3.63, 3.8) is 0 Å². The molecule has 0 unspecified atom stereocenters. The van der Waals surface area contributed by atoms with E-state index in [0.717, 1.165) is 25.1 Å². The van der Waals surface area contributed by atoms with Gasteiger partial charge in [-0.15, -0.1) is 0 Å². The Hall–Kier alpha value is -1.97. The number of phenolic OH excluding ortho intramolecular Hbond substituents is 1. The molecule has 1 amide bonds. The van der Waals surface area contributed by atoms with Gasteiger partial charge in [0, 0.05) is 13.1 Å². The fourth-order valence-electron chi connectivity index (χ4n) is 3.28. The van der Waals surface area contributed by atoms with Crippen LogP contribution in [0.5, 0.6) is 5.75 Å². The van der Waals surface area contributed by atoms with E-state index in [9.17, 15) is 9.90 Å². The first-order valence-corrected chi connectivity index (χ1v) is 7.80. The summed E-state index contributed by atoms with van der Waals surface area (Å²) in [4.78, 5) is 14.0. The molecule has 1 heterocycles. The highest BCUT2D eigenvalue weighted by Crippen LogP contribution is 2.41. The number of rotatable bonds is 1. The Labute approximate surface area is 131 Å². The van der Waals surface area contributed by atoms with Crippen molar-refractivity contribution < 1.29 is 14.6 Å². The number of fused-ring (bicyclic) bond motifs is 1. The van der Waals surface area contributed by atoms with Crippen LogP contribution in [0.3, 0.4) is 0 Å². The van der Waals surface area contributed by atoms with Gasteiger partial charge in [0.1, 0.15) is 11.4 Å². The number of nitrogens with zero attached hydrogens (tertiary/aromatic N) is 1. The van der Waals surface area contributed by atoms with Crippen LogP contribution in [0.15, 0.2) is 30.3 Å². The van der Waals surface area contributed by atoms with Gasteiger partial charge < -0.3 is 14.7 Å². The molecule has 2 aliphatic rings. The van der Waals surface area contributed by atoms with Gasteiger partial charge in [0.25, 0.3) is 0 Å². The zero-order valence-electron chi connectivity index (χ0n) is 13.4. The summed E-state index contributed by atoms with van der Waals surface area (Å²) < 4.78 is 5.45. The molecule has 2 atom stereocenters.